The van der Waals surface area contributed by atoms with E-state index < -0.39 is 0 Å². The molecule has 2 aromatic rings. The first-order valence-corrected chi connectivity index (χ1v) is 10.1. The molecule has 0 aromatic heterocycles. The SMILES string of the molecule is CCc1cccc(CC)c1NC(=O)C[NH+](C)CC(=O)Nc1cc(Cl)ccc1OC. The van der Waals surface area contributed by atoms with Gasteiger partial charge in [0.1, 0.15) is 5.75 Å². The number of para-hydroxylation sites is 1. The molecule has 0 saturated heterocycles. The number of nitrogens with one attached hydrogen (secondary N) is 3. The van der Waals surface area contributed by atoms with E-state index in [1.54, 1.807) is 25.2 Å². The molecule has 6 nitrogen and oxygen atoms in total. The highest BCUT2D eigenvalue weighted by Crippen LogP contribution is 2.27. The summed E-state index contributed by atoms with van der Waals surface area (Å²) >= 11 is 5.99. The van der Waals surface area contributed by atoms with Crippen molar-refractivity contribution in [2.75, 3.05) is 37.9 Å². The van der Waals surface area contributed by atoms with Crippen molar-refractivity contribution >= 4 is 34.8 Å². The molecule has 0 aliphatic rings. The molecule has 0 spiro atoms. The van der Waals surface area contributed by atoms with Crippen LogP contribution in [0, 0.1) is 0 Å². The molecular formula is C22H29ClN3O3+. The summed E-state index contributed by atoms with van der Waals surface area (Å²) in [4.78, 5) is 25.7. The molecule has 0 aliphatic heterocycles. The van der Waals surface area contributed by atoms with Gasteiger partial charge in [-0.2, -0.15) is 0 Å². The molecule has 2 amide bonds. The van der Waals surface area contributed by atoms with Crippen LogP contribution in [0.3, 0.4) is 0 Å². The molecule has 7 heteroatoms. The zero-order valence-electron chi connectivity index (χ0n) is 17.4. The first kappa shape index (κ1) is 22.7. The van der Waals surface area contributed by atoms with Gasteiger partial charge in [-0.15, -0.1) is 0 Å². The lowest BCUT2D eigenvalue weighted by Crippen LogP contribution is -3.11. The second-order valence-electron chi connectivity index (χ2n) is 6.91. The third-order valence-corrected chi connectivity index (χ3v) is 4.86. The third kappa shape index (κ3) is 6.48. The zero-order chi connectivity index (χ0) is 21.4. The van der Waals surface area contributed by atoms with Gasteiger partial charge in [-0.25, -0.2) is 0 Å². The van der Waals surface area contributed by atoms with E-state index in [1.165, 1.54) is 7.11 Å². The summed E-state index contributed by atoms with van der Waals surface area (Å²) in [5.41, 5.74) is 3.62. The molecule has 0 bridgehead atoms. The van der Waals surface area contributed by atoms with Gasteiger partial charge in [-0.1, -0.05) is 43.6 Å². The van der Waals surface area contributed by atoms with Gasteiger partial charge in [0.2, 0.25) is 0 Å². The van der Waals surface area contributed by atoms with Crippen LogP contribution in [-0.4, -0.2) is 39.1 Å². The first-order chi connectivity index (χ1) is 13.9. The Balaban J connectivity index is 1.96. The Morgan fingerprint density at radius 3 is 2.14 bits per heavy atom. The number of halogens is 1. The third-order valence-electron chi connectivity index (χ3n) is 4.62. The predicted octanol–water partition coefficient (Wildman–Crippen LogP) is 2.57. The van der Waals surface area contributed by atoms with Gasteiger partial charge in [0.05, 0.1) is 19.8 Å². The average molecular weight is 419 g/mol. The minimum absolute atomic E-state index is 0.119. The van der Waals surface area contributed by atoms with Crippen molar-refractivity contribution in [1.29, 1.82) is 0 Å². The number of rotatable bonds is 9. The number of ether oxygens (including phenoxy) is 1. The Hall–Kier alpha value is -2.57. The molecule has 3 N–H and O–H groups in total. The van der Waals surface area contributed by atoms with E-state index in [0.717, 1.165) is 34.6 Å². The molecule has 1 atom stereocenters. The Labute approximate surface area is 177 Å². The largest absolute Gasteiger partial charge is 0.495 e. The summed E-state index contributed by atoms with van der Waals surface area (Å²) in [7, 11) is 3.33. The smallest absolute Gasteiger partial charge is 0.279 e. The topological polar surface area (TPSA) is 71.9 Å². The summed E-state index contributed by atoms with van der Waals surface area (Å²) in [5.74, 6) is 0.187. The monoisotopic (exact) mass is 418 g/mol. The summed E-state index contributed by atoms with van der Waals surface area (Å²) in [6, 6.07) is 11.1. The van der Waals surface area contributed by atoms with Gasteiger partial charge in [0, 0.05) is 10.7 Å². The Bertz CT molecular complexity index is 848. The molecule has 1 unspecified atom stereocenters. The average Bonchev–Trinajstić information content (AvgIpc) is 2.67. The minimum atomic E-state index is -0.223. The molecule has 0 fully saturated rings. The highest BCUT2D eigenvalue weighted by Gasteiger charge is 2.17. The van der Waals surface area contributed by atoms with E-state index in [0.29, 0.717) is 16.5 Å². The maximum atomic E-state index is 12.5. The number of hydrogen-bond donors (Lipinski definition) is 3. The Morgan fingerprint density at radius 1 is 1.00 bits per heavy atom. The number of quaternary nitrogens is 1. The number of carbonyl (C=O) groups excluding carboxylic acids is 2. The van der Waals surface area contributed by atoms with Gasteiger partial charge in [0.15, 0.2) is 13.1 Å². The zero-order valence-corrected chi connectivity index (χ0v) is 18.2. The van der Waals surface area contributed by atoms with Crippen LogP contribution >= 0.6 is 11.6 Å². The number of anilines is 2. The lowest BCUT2D eigenvalue weighted by atomic mass is 10.0. The van der Waals surface area contributed by atoms with Crippen LogP contribution in [0.5, 0.6) is 5.75 Å². The van der Waals surface area contributed by atoms with Crippen molar-refractivity contribution in [2.45, 2.75) is 26.7 Å². The molecule has 0 saturated carbocycles. The van der Waals surface area contributed by atoms with Crippen molar-refractivity contribution in [3.63, 3.8) is 0 Å². The van der Waals surface area contributed by atoms with Crippen LogP contribution in [0.2, 0.25) is 5.02 Å². The van der Waals surface area contributed by atoms with Crippen molar-refractivity contribution < 1.29 is 19.2 Å². The number of methoxy groups -OCH3 is 1. The summed E-state index contributed by atoms with van der Waals surface area (Å²) in [6.07, 6.45) is 1.69. The second kappa shape index (κ2) is 10.8. The molecule has 29 heavy (non-hydrogen) atoms. The number of carbonyl (C=O) groups is 2. The van der Waals surface area contributed by atoms with Crippen molar-refractivity contribution in [1.82, 2.24) is 0 Å². The Morgan fingerprint density at radius 2 is 1.59 bits per heavy atom. The van der Waals surface area contributed by atoms with Crippen molar-refractivity contribution in [3.8, 4) is 5.75 Å². The summed E-state index contributed by atoms with van der Waals surface area (Å²) < 4.78 is 5.24. The molecule has 0 aliphatic carbocycles. The van der Waals surface area contributed by atoms with Crippen molar-refractivity contribution in [2.24, 2.45) is 0 Å². The van der Waals surface area contributed by atoms with Crippen LogP contribution in [-0.2, 0) is 22.4 Å². The number of benzene rings is 2. The quantitative estimate of drug-likeness (QED) is 0.586. The number of amides is 2. The molecule has 0 radical (unpaired) electrons. The number of hydrogen-bond acceptors (Lipinski definition) is 3. The second-order valence-corrected chi connectivity index (χ2v) is 7.35. The maximum Gasteiger partial charge on any atom is 0.279 e. The van der Waals surface area contributed by atoms with Crippen LogP contribution in [0.1, 0.15) is 25.0 Å². The van der Waals surface area contributed by atoms with E-state index in [2.05, 4.69) is 24.5 Å². The predicted molar refractivity (Wildman–Crippen MR) is 117 cm³/mol. The van der Waals surface area contributed by atoms with Gasteiger partial charge in [-0.05, 0) is 42.2 Å². The maximum absolute atomic E-state index is 12.5. The lowest BCUT2D eigenvalue weighted by molar-refractivity contribution is -0.862. The van der Waals surface area contributed by atoms with Crippen molar-refractivity contribution in [3.05, 3.63) is 52.5 Å². The highest BCUT2D eigenvalue weighted by atomic mass is 35.5. The molecular weight excluding hydrogens is 390 g/mol. The van der Waals surface area contributed by atoms with Crippen LogP contribution in [0.25, 0.3) is 0 Å². The normalized spacial score (nSPS) is 11.6. The fraction of sp³-hybridized carbons (Fsp3) is 0.364. The first-order valence-electron chi connectivity index (χ1n) is 9.73. The van der Waals surface area contributed by atoms with Crippen LogP contribution in [0.15, 0.2) is 36.4 Å². The molecule has 0 heterocycles. The highest BCUT2D eigenvalue weighted by molar-refractivity contribution is 6.31. The molecule has 2 rings (SSSR count). The fourth-order valence-corrected chi connectivity index (χ4v) is 3.34. The fourth-order valence-electron chi connectivity index (χ4n) is 3.17. The Kier molecular flexibility index (Phi) is 8.49. The van der Waals surface area contributed by atoms with Crippen LogP contribution < -0.4 is 20.3 Å². The summed E-state index contributed by atoms with van der Waals surface area (Å²) in [6.45, 7) is 4.45. The number of aryl methyl sites for hydroxylation is 2. The van der Waals surface area contributed by atoms with Gasteiger partial charge >= 0.3 is 0 Å². The van der Waals surface area contributed by atoms with E-state index >= 15 is 0 Å². The minimum Gasteiger partial charge on any atom is -0.495 e. The van der Waals surface area contributed by atoms with Gasteiger partial charge in [-0.3, -0.25) is 9.59 Å². The van der Waals surface area contributed by atoms with Crippen LogP contribution in [0.4, 0.5) is 11.4 Å². The van der Waals surface area contributed by atoms with E-state index in [4.69, 9.17) is 16.3 Å². The summed E-state index contributed by atoms with van der Waals surface area (Å²) in [5, 5.41) is 6.33. The van der Waals surface area contributed by atoms with Gasteiger partial charge < -0.3 is 20.3 Å². The molecule has 2 aromatic carbocycles. The molecule has 156 valence electrons. The lowest BCUT2D eigenvalue weighted by Gasteiger charge is -2.17. The number of likely N-dealkylation sites (N-methyl/N-ethyl adjacent to an activating group) is 1. The van der Waals surface area contributed by atoms with Gasteiger partial charge in [0.25, 0.3) is 11.8 Å². The standard InChI is InChI=1S/C22H28ClN3O3/c1-5-15-8-7-9-16(6-2)22(15)25-21(28)14-26(3)13-20(27)24-18-12-17(23)10-11-19(18)29-4/h7-12H,5-6,13-14H2,1-4H3,(H,24,27)(H,25,28)/p+1. The van der Waals surface area contributed by atoms with E-state index in [-0.39, 0.29) is 24.9 Å². The van der Waals surface area contributed by atoms with E-state index in [9.17, 15) is 9.59 Å². The van der Waals surface area contributed by atoms with E-state index in [1.807, 2.05) is 18.2 Å².